The predicted molar refractivity (Wildman–Crippen MR) is 262 cm³/mol. The van der Waals surface area contributed by atoms with Crippen molar-refractivity contribution in [2.75, 3.05) is 13.2 Å². The molecule has 4 atom stereocenters. The zero-order valence-corrected chi connectivity index (χ0v) is 44.8. The SMILES string of the molecule is CC(C)(C)c1ccc(C2(C(C)(C)CO)OC3(c4ccc(C(C)(C)C)cc4)OP4OC5(O4)OC4(C(C)(C)CO)OP6OC(O6)(O4)C53C(c3ccc(C(C)(C)C)cc3)(c3ccc(C(C)(C)C)cc3)O2)cc1. The van der Waals surface area contributed by atoms with Crippen molar-refractivity contribution >= 4 is 17.2 Å². The molecule has 8 saturated heterocycles. The van der Waals surface area contributed by atoms with E-state index in [9.17, 15) is 10.2 Å². The average Bonchev–Trinajstić information content (AvgIpc) is 3.26. The minimum absolute atomic E-state index is 0.192. The third kappa shape index (κ3) is 6.58. The molecule has 0 amide bonds. The van der Waals surface area contributed by atoms with Gasteiger partial charge in [-0.25, -0.2) is 0 Å². The van der Waals surface area contributed by atoms with E-state index in [1.807, 2.05) is 62.4 Å². The fraction of sp³-hybridized carbons (Fsp3) is 0.564. The van der Waals surface area contributed by atoms with Crippen molar-refractivity contribution in [3.8, 4) is 0 Å². The molecule has 8 heterocycles. The van der Waals surface area contributed by atoms with Crippen LogP contribution in [0.1, 0.15) is 155 Å². The Bertz CT molecular complexity index is 2540. The molecule has 5 bridgehead atoms. The summed E-state index contributed by atoms with van der Waals surface area (Å²) in [6.07, 6.45) is 0. The molecule has 4 aromatic carbocycles. The summed E-state index contributed by atoms with van der Waals surface area (Å²) in [7, 11) is -4.48. The van der Waals surface area contributed by atoms with Gasteiger partial charge >= 0.3 is 35.1 Å². The summed E-state index contributed by atoms with van der Waals surface area (Å²) in [6, 6.07) is 32.9. The molecular formula is C55H70O12P2. The lowest BCUT2D eigenvalue weighted by Gasteiger charge is -2.82. The molecule has 3 spiro atoms. The van der Waals surface area contributed by atoms with Gasteiger partial charge in [0.2, 0.25) is 17.0 Å². The summed E-state index contributed by atoms with van der Waals surface area (Å²) in [5, 5.41) is 23.1. The highest BCUT2D eigenvalue weighted by molar-refractivity contribution is 7.43. The summed E-state index contributed by atoms with van der Waals surface area (Å²) in [4.78, 5) is 0. The minimum atomic E-state index is -2.29. The maximum absolute atomic E-state index is 12.0. The third-order valence-corrected chi connectivity index (χ3v) is 17.7. The highest BCUT2D eigenvalue weighted by Crippen LogP contribution is 2.93. The molecule has 372 valence electrons. The first-order valence-corrected chi connectivity index (χ1v) is 26.3. The van der Waals surface area contributed by atoms with Crippen LogP contribution in [-0.4, -0.2) is 41.3 Å². The van der Waals surface area contributed by atoms with Gasteiger partial charge in [0.15, 0.2) is 0 Å². The van der Waals surface area contributed by atoms with Gasteiger partial charge in [-0.15, -0.1) is 0 Å². The Morgan fingerprint density at radius 1 is 0.377 bits per heavy atom. The standard InChI is InChI=1S/C55H70O12P2/c1-43(2,3)35-17-25-39(26-18-35)49(40-27-19-36(20-28-40)44(4,5)6)52-51(42-31-23-38(24-32-42)46(10,11)12,59-50(58-49,47(13,14)33-56)41-29-21-37(22-30-41)45(7,8)9)62-68-64-54(52,65-68)60-53(48(15,16)34-57)61-55(52)66-69(63-53)67-55/h17-32,56-57H,33-34H2,1-16H3. The number of hydrogen-bond acceptors (Lipinski definition) is 12. The van der Waals surface area contributed by atoms with E-state index in [-0.39, 0.29) is 21.7 Å². The van der Waals surface area contributed by atoms with Gasteiger partial charge in [0.05, 0.1) is 18.6 Å². The van der Waals surface area contributed by atoms with Crippen molar-refractivity contribution in [3.63, 3.8) is 0 Å². The summed E-state index contributed by atoms with van der Waals surface area (Å²) in [6.45, 7) is 32.6. The second-order valence-corrected chi connectivity index (χ2v) is 27.1. The van der Waals surface area contributed by atoms with Crippen molar-refractivity contribution in [1.29, 1.82) is 0 Å². The van der Waals surface area contributed by atoms with Gasteiger partial charge in [-0.1, -0.05) is 194 Å². The fourth-order valence-electron chi connectivity index (χ4n) is 10.8. The Kier molecular flexibility index (Phi) is 11.0. The van der Waals surface area contributed by atoms with Crippen LogP contribution in [0.5, 0.6) is 0 Å². The summed E-state index contributed by atoms with van der Waals surface area (Å²) >= 11 is 0. The van der Waals surface area contributed by atoms with E-state index >= 15 is 0 Å². The quantitative estimate of drug-likeness (QED) is 0.163. The molecule has 0 aromatic heterocycles. The van der Waals surface area contributed by atoms with Gasteiger partial charge < -0.3 is 19.7 Å². The summed E-state index contributed by atoms with van der Waals surface area (Å²) in [5.41, 5.74) is -1.00. The van der Waals surface area contributed by atoms with E-state index < -0.39 is 81.8 Å². The molecule has 2 N–H and O–H groups in total. The van der Waals surface area contributed by atoms with Crippen molar-refractivity contribution in [1.82, 2.24) is 0 Å². The maximum atomic E-state index is 12.0. The zero-order valence-electron chi connectivity index (χ0n) is 43.0. The second kappa shape index (κ2) is 15.2. The van der Waals surface area contributed by atoms with E-state index in [0.717, 1.165) is 22.3 Å². The lowest BCUT2D eigenvalue weighted by atomic mass is 9.53. The molecule has 12 rings (SSSR count). The lowest BCUT2D eigenvalue weighted by molar-refractivity contribution is -0.736. The van der Waals surface area contributed by atoms with Crippen LogP contribution in [0, 0.1) is 16.2 Å². The van der Waals surface area contributed by atoms with Gasteiger partial charge in [0, 0.05) is 16.5 Å². The monoisotopic (exact) mass is 984 g/mol. The van der Waals surface area contributed by atoms with Crippen molar-refractivity contribution < 1.29 is 56.3 Å². The average molecular weight is 985 g/mol. The molecule has 8 aliphatic heterocycles. The smallest absolute Gasteiger partial charge is 0.346 e. The van der Waals surface area contributed by atoms with Crippen LogP contribution < -0.4 is 0 Å². The first kappa shape index (κ1) is 49.8. The molecule has 4 aromatic rings. The topological polar surface area (TPSA) is 133 Å². The fourth-order valence-corrected chi connectivity index (χ4v) is 13.4. The van der Waals surface area contributed by atoms with E-state index in [0.29, 0.717) is 22.3 Å². The molecule has 69 heavy (non-hydrogen) atoms. The van der Waals surface area contributed by atoms with Gasteiger partial charge in [-0.2, -0.15) is 0 Å². The Morgan fingerprint density at radius 3 is 1.06 bits per heavy atom. The largest absolute Gasteiger partial charge is 0.396 e. The van der Waals surface area contributed by atoms with Gasteiger partial charge in [-0.3, -0.25) is 36.6 Å². The van der Waals surface area contributed by atoms with Gasteiger partial charge in [-0.05, 0) is 68.9 Å². The molecule has 14 heteroatoms. The second-order valence-electron chi connectivity index (χ2n) is 25.1. The Morgan fingerprint density at radius 2 is 0.710 bits per heavy atom. The Balaban J connectivity index is 1.43. The molecule has 8 aliphatic rings. The zero-order chi connectivity index (χ0) is 50.1. The van der Waals surface area contributed by atoms with Crippen LogP contribution in [0.25, 0.3) is 0 Å². The van der Waals surface area contributed by atoms with Crippen molar-refractivity contribution in [2.45, 2.75) is 168 Å². The summed E-state index contributed by atoms with van der Waals surface area (Å²) in [5.74, 6) is -10.6. The van der Waals surface area contributed by atoms with Gasteiger partial charge in [0.1, 0.15) is 5.60 Å². The maximum Gasteiger partial charge on any atom is 0.346 e. The van der Waals surface area contributed by atoms with Crippen LogP contribution in [-0.2, 0) is 84.9 Å². The predicted octanol–water partition coefficient (Wildman–Crippen LogP) is 12.5. The third-order valence-electron chi connectivity index (χ3n) is 15.3. The molecule has 8 fully saturated rings. The first-order valence-electron chi connectivity index (χ1n) is 24.1. The number of ether oxygens (including phenoxy) is 4. The van der Waals surface area contributed by atoms with Crippen molar-refractivity contribution in [2.24, 2.45) is 16.2 Å². The Labute approximate surface area is 410 Å². The first-order chi connectivity index (χ1) is 31.9. The van der Waals surface area contributed by atoms with E-state index in [4.69, 9.17) is 46.1 Å². The molecule has 4 unspecified atom stereocenters. The lowest BCUT2D eigenvalue weighted by Crippen LogP contribution is -2.95. The van der Waals surface area contributed by atoms with Crippen LogP contribution in [0.2, 0.25) is 0 Å². The number of aliphatic hydroxyl groups excluding tert-OH is 2. The molecule has 0 aliphatic carbocycles. The van der Waals surface area contributed by atoms with Crippen LogP contribution in [0.4, 0.5) is 0 Å². The highest BCUT2D eigenvalue weighted by Gasteiger charge is 3.04. The van der Waals surface area contributed by atoms with E-state index in [2.05, 4.69) is 132 Å². The number of rotatable bonds is 8. The van der Waals surface area contributed by atoms with Crippen LogP contribution >= 0.6 is 17.2 Å². The van der Waals surface area contributed by atoms with Crippen LogP contribution in [0.3, 0.4) is 0 Å². The molecule has 12 nitrogen and oxygen atoms in total. The highest BCUT2D eigenvalue weighted by atomic mass is 31.2. The normalized spacial score (nSPS) is 33.9. The molecule has 0 radical (unpaired) electrons. The summed E-state index contributed by atoms with van der Waals surface area (Å²) < 4.78 is 73.3. The van der Waals surface area contributed by atoms with E-state index in [1.54, 1.807) is 13.8 Å². The van der Waals surface area contributed by atoms with Crippen molar-refractivity contribution in [3.05, 3.63) is 142 Å². The molecule has 0 saturated carbocycles. The minimum Gasteiger partial charge on any atom is -0.396 e. The number of aliphatic hydroxyl groups is 2. The Hall–Kier alpha value is -2.74. The van der Waals surface area contributed by atoms with E-state index in [1.165, 1.54) is 0 Å². The van der Waals surface area contributed by atoms with Crippen LogP contribution in [0.15, 0.2) is 97.1 Å². The molecular weight excluding hydrogens is 915 g/mol. The van der Waals surface area contributed by atoms with Gasteiger partial charge in [0.25, 0.3) is 0 Å². The number of benzene rings is 4. The number of hydrogen-bond donors (Lipinski definition) is 2.